The van der Waals surface area contributed by atoms with Crippen molar-refractivity contribution in [2.24, 2.45) is 0 Å². The van der Waals surface area contributed by atoms with Crippen molar-refractivity contribution in [1.82, 2.24) is 4.90 Å². The predicted octanol–water partition coefficient (Wildman–Crippen LogP) is 2.98. The molecule has 6 heteroatoms. The summed E-state index contributed by atoms with van der Waals surface area (Å²) in [6, 6.07) is 17.0. The number of imide groups is 1. The third-order valence-corrected chi connectivity index (χ3v) is 4.61. The van der Waals surface area contributed by atoms with E-state index in [9.17, 15) is 9.59 Å². The SMILES string of the molecule is COCCCN1C(=O)C(Nc2ccc(N(C)C)cc2)=C(c2ccccc2)C1=O. The van der Waals surface area contributed by atoms with Gasteiger partial charge in [0.25, 0.3) is 11.8 Å². The van der Waals surface area contributed by atoms with E-state index in [-0.39, 0.29) is 11.8 Å². The zero-order valence-electron chi connectivity index (χ0n) is 16.4. The molecule has 1 N–H and O–H groups in total. The third-order valence-electron chi connectivity index (χ3n) is 4.61. The van der Waals surface area contributed by atoms with Crippen molar-refractivity contribution in [1.29, 1.82) is 0 Å². The van der Waals surface area contributed by atoms with E-state index in [1.165, 1.54) is 4.90 Å². The van der Waals surface area contributed by atoms with Crippen LogP contribution >= 0.6 is 0 Å². The molecule has 28 heavy (non-hydrogen) atoms. The van der Waals surface area contributed by atoms with Gasteiger partial charge in [-0.15, -0.1) is 0 Å². The molecule has 0 unspecified atom stereocenters. The Balaban J connectivity index is 1.93. The van der Waals surface area contributed by atoms with Crippen LogP contribution < -0.4 is 10.2 Å². The van der Waals surface area contributed by atoms with E-state index in [1.54, 1.807) is 7.11 Å². The molecule has 2 aromatic rings. The molecule has 1 aliphatic heterocycles. The molecule has 146 valence electrons. The fourth-order valence-corrected chi connectivity index (χ4v) is 3.12. The minimum absolute atomic E-state index is 0.278. The summed E-state index contributed by atoms with van der Waals surface area (Å²) in [5.74, 6) is -0.587. The van der Waals surface area contributed by atoms with Gasteiger partial charge in [-0.1, -0.05) is 30.3 Å². The lowest BCUT2D eigenvalue weighted by Crippen LogP contribution is -2.33. The predicted molar refractivity (Wildman–Crippen MR) is 111 cm³/mol. The molecular weight excluding hydrogens is 354 g/mol. The Morgan fingerprint density at radius 2 is 1.64 bits per heavy atom. The fraction of sp³-hybridized carbons (Fsp3) is 0.273. The molecule has 0 fully saturated rings. The molecule has 0 radical (unpaired) electrons. The Hall–Kier alpha value is -3.12. The van der Waals surface area contributed by atoms with Crippen molar-refractivity contribution in [3.63, 3.8) is 0 Å². The lowest BCUT2D eigenvalue weighted by Gasteiger charge is -2.15. The summed E-state index contributed by atoms with van der Waals surface area (Å²) in [6.07, 6.45) is 0.598. The summed E-state index contributed by atoms with van der Waals surface area (Å²) in [5, 5.41) is 3.17. The zero-order valence-corrected chi connectivity index (χ0v) is 16.4. The van der Waals surface area contributed by atoms with Gasteiger partial charge in [0.05, 0.1) is 5.57 Å². The van der Waals surface area contributed by atoms with Crippen LogP contribution in [0.5, 0.6) is 0 Å². The van der Waals surface area contributed by atoms with Crippen molar-refractivity contribution in [3.05, 3.63) is 65.9 Å². The topological polar surface area (TPSA) is 61.9 Å². The summed E-state index contributed by atoms with van der Waals surface area (Å²) >= 11 is 0. The van der Waals surface area contributed by atoms with Gasteiger partial charge in [0, 0.05) is 45.7 Å². The first-order chi connectivity index (χ1) is 13.5. The van der Waals surface area contributed by atoms with Gasteiger partial charge in [-0.2, -0.15) is 0 Å². The standard InChI is InChI=1S/C22H25N3O3/c1-24(2)18-12-10-17(11-13-18)23-20-19(16-8-5-4-6-9-16)21(26)25(22(20)27)14-7-15-28-3/h4-6,8-13,23H,7,14-15H2,1-3H3. The van der Waals surface area contributed by atoms with E-state index in [0.717, 1.165) is 16.9 Å². The average Bonchev–Trinajstić information content (AvgIpc) is 2.93. The number of ether oxygens (including phenoxy) is 1. The van der Waals surface area contributed by atoms with Crippen LogP contribution in [0.25, 0.3) is 5.57 Å². The van der Waals surface area contributed by atoms with Crippen molar-refractivity contribution in [2.75, 3.05) is 44.6 Å². The number of hydrogen-bond donors (Lipinski definition) is 1. The molecule has 0 aliphatic carbocycles. The highest BCUT2D eigenvalue weighted by atomic mass is 16.5. The van der Waals surface area contributed by atoms with E-state index in [1.807, 2.05) is 73.6 Å². The smallest absolute Gasteiger partial charge is 0.278 e. The molecule has 0 saturated carbocycles. The number of carbonyl (C=O) groups is 2. The first-order valence-corrected chi connectivity index (χ1v) is 9.22. The number of rotatable bonds is 8. The van der Waals surface area contributed by atoms with Crippen LogP contribution in [0.1, 0.15) is 12.0 Å². The van der Waals surface area contributed by atoms with Gasteiger partial charge in [-0.25, -0.2) is 0 Å². The maximum atomic E-state index is 13.0. The van der Waals surface area contributed by atoms with Crippen molar-refractivity contribution in [2.45, 2.75) is 6.42 Å². The van der Waals surface area contributed by atoms with Gasteiger partial charge in [0.2, 0.25) is 0 Å². The Kier molecular flexibility index (Phi) is 6.11. The van der Waals surface area contributed by atoms with Crippen molar-refractivity contribution >= 4 is 28.8 Å². The molecule has 0 bridgehead atoms. The van der Waals surface area contributed by atoms with Gasteiger partial charge < -0.3 is 15.0 Å². The van der Waals surface area contributed by atoms with Gasteiger partial charge in [0.15, 0.2) is 0 Å². The summed E-state index contributed by atoms with van der Waals surface area (Å²) in [4.78, 5) is 29.3. The van der Waals surface area contributed by atoms with Gasteiger partial charge in [0.1, 0.15) is 5.70 Å². The highest BCUT2D eigenvalue weighted by molar-refractivity contribution is 6.36. The molecule has 0 atom stereocenters. The minimum atomic E-state index is -0.309. The van der Waals surface area contributed by atoms with E-state index in [2.05, 4.69) is 5.32 Å². The van der Waals surface area contributed by atoms with E-state index in [0.29, 0.717) is 30.8 Å². The molecule has 3 rings (SSSR count). The maximum Gasteiger partial charge on any atom is 0.278 e. The van der Waals surface area contributed by atoms with Crippen LogP contribution in [-0.4, -0.2) is 51.1 Å². The second kappa shape index (κ2) is 8.71. The Bertz CT molecular complexity index is 874. The summed E-state index contributed by atoms with van der Waals surface area (Å²) in [7, 11) is 5.54. The van der Waals surface area contributed by atoms with Crippen LogP contribution in [0.4, 0.5) is 11.4 Å². The Morgan fingerprint density at radius 1 is 0.964 bits per heavy atom. The average molecular weight is 379 g/mol. The molecule has 2 amide bonds. The van der Waals surface area contributed by atoms with Crippen molar-refractivity contribution in [3.8, 4) is 0 Å². The first kappa shape index (κ1) is 19.6. The highest BCUT2D eigenvalue weighted by Crippen LogP contribution is 2.30. The minimum Gasteiger partial charge on any atom is -0.385 e. The van der Waals surface area contributed by atoms with Crippen LogP contribution in [0.2, 0.25) is 0 Å². The van der Waals surface area contributed by atoms with E-state index >= 15 is 0 Å². The number of carbonyl (C=O) groups excluding carboxylic acids is 2. The fourth-order valence-electron chi connectivity index (χ4n) is 3.12. The van der Waals surface area contributed by atoms with E-state index < -0.39 is 0 Å². The molecule has 6 nitrogen and oxygen atoms in total. The lowest BCUT2D eigenvalue weighted by atomic mass is 10.0. The molecule has 1 aliphatic rings. The van der Waals surface area contributed by atoms with Gasteiger partial charge in [-0.3, -0.25) is 14.5 Å². The number of benzene rings is 2. The quantitative estimate of drug-likeness (QED) is 0.564. The zero-order chi connectivity index (χ0) is 20.1. The number of hydrogen-bond acceptors (Lipinski definition) is 5. The first-order valence-electron chi connectivity index (χ1n) is 9.22. The summed E-state index contributed by atoms with van der Waals surface area (Å²) in [6.45, 7) is 0.819. The number of anilines is 2. The third kappa shape index (κ3) is 4.07. The normalized spacial score (nSPS) is 14.0. The number of methoxy groups -OCH3 is 1. The maximum absolute atomic E-state index is 13.0. The lowest BCUT2D eigenvalue weighted by molar-refractivity contribution is -0.136. The largest absolute Gasteiger partial charge is 0.385 e. The molecule has 0 aromatic heterocycles. The molecule has 0 spiro atoms. The molecule has 0 saturated heterocycles. The highest BCUT2D eigenvalue weighted by Gasteiger charge is 2.38. The van der Waals surface area contributed by atoms with Crippen molar-refractivity contribution < 1.29 is 14.3 Å². The van der Waals surface area contributed by atoms with Gasteiger partial charge >= 0.3 is 0 Å². The van der Waals surface area contributed by atoms with E-state index in [4.69, 9.17) is 4.74 Å². The summed E-state index contributed by atoms with van der Waals surface area (Å²) in [5.41, 5.74) is 3.25. The molecular formula is C22H25N3O3. The molecule has 1 heterocycles. The monoisotopic (exact) mass is 379 g/mol. The van der Waals surface area contributed by atoms with Crippen LogP contribution in [0.3, 0.4) is 0 Å². The number of nitrogens with zero attached hydrogens (tertiary/aromatic N) is 2. The summed E-state index contributed by atoms with van der Waals surface area (Å²) < 4.78 is 5.05. The Labute approximate surface area is 165 Å². The Morgan fingerprint density at radius 3 is 2.25 bits per heavy atom. The van der Waals surface area contributed by atoms with Crippen LogP contribution in [-0.2, 0) is 14.3 Å². The number of nitrogens with one attached hydrogen (secondary N) is 1. The van der Waals surface area contributed by atoms with Crippen LogP contribution in [0, 0.1) is 0 Å². The van der Waals surface area contributed by atoms with Crippen LogP contribution in [0.15, 0.2) is 60.3 Å². The number of amides is 2. The molecule has 2 aromatic carbocycles. The second-order valence-corrected chi connectivity index (χ2v) is 6.79. The second-order valence-electron chi connectivity index (χ2n) is 6.79. The van der Waals surface area contributed by atoms with Gasteiger partial charge in [-0.05, 0) is 36.2 Å².